The van der Waals surface area contributed by atoms with E-state index in [0.717, 1.165) is 22.9 Å². The number of aryl methyl sites for hydroxylation is 1. The third kappa shape index (κ3) is 4.81. The van der Waals surface area contributed by atoms with Crippen LogP contribution in [0.3, 0.4) is 0 Å². The van der Waals surface area contributed by atoms with Crippen LogP contribution in [0.1, 0.15) is 29.0 Å². The Labute approximate surface area is 162 Å². The molecule has 1 aromatic carbocycles. The summed E-state index contributed by atoms with van der Waals surface area (Å²) in [6.45, 7) is 3.97. The number of halogens is 3. The quantitative estimate of drug-likeness (QED) is 0.503. The smallest absolute Gasteiger partial charge is 0.251 e. The van der Waals surface area contributed by atoms with Crippen LogP contribution in [0.25, 0.3) is 11.3 Å². The fourth-order valence-corrected chi connectivity index (χ4v) is 4.44. The average Bonchev–Trinajstić information content (AvgIpc) is 3.09. The Balaban J connectivity index is 1.78. The van der Waals surface area contributed by atoms with Gasteiger partial charge in [0.05, 0.1) is 5.69 Å². The van der Waals surface area contributed by atoms with Gasteiger partial charge in [0.2, 0.25) is 5.13 Å². The predicted octanol–water partition coefficient (Wildman–Crippen LogP) is 6.36. The van der Waals surface area contributed by atoms with Crippen molar-refractivity contribution in [2.45, 2.75) is 25.3 Å². The topological polar surface area (TPSA) is 38.1 Å². The Kier molecular flexibility index (Phi) is 5.76. The maximum atomic E-state index is 12.6. The van der Waals surface area contributed by atoms with Gasteiger partial charge < -0.3 is 0 Å². The van der Waals surface area contributed by atoms with Crippen LogP contribution in [0.2, 0.25) is 0 Å². The van der Waals surface area contributed by atoms with E-state index in [1.807, 2.05) is 49.7 Å². The molecule has 27 heavy (non-hydrogen) atoms. The van der Waals surface area contributed by atoms with E-state index in [0.29, 0.717) is 5.13 Å². The van der Waals surface area contributed by atoms with Gasteiger partial charge in [-0.15, -0.1) is 11.3 Å². The lowest BCUT2D eigenvalue weighted by molar-refractivity contribution is -0.141. The Bertz CT molecular complexity index is 946. The van der Waals surface area contributed by atoms with E-state index in [9.17, 15) is 13.2 Å². The molecule has 0 aliphatic rings. The van der Waals surface area contributed by atoms with Crippen LogP contribution in [0.4, 0.5) is 18.3 Å². The molecule has 0 aliphatic heterocycles. The van der Waals surface area contributed by atoms with Gasteiger partial charge in [-0.2, -0.15) is 17.5 Å². The zero-order valence-corrected chi connectivity index (χ0v) is 16.6. The van der Waals surface area contributed by atoms with Crippen molar-refractivity contribution >= 4 is 27.2 Å². The van der Waals surface area contributed by atoms with Crippen molar-refractivity contribution in [2.24, 2.45) is 4.36 Å². The summed E-state index contributed by atoms with van der Waals surface area (Å²) in [6, 6.07) is 10.6. The maximum Gasteiger partial charge on any atom is 0.433 e. The number of aromatic nitrogens is 2. The van der Waals surface area contributed by atoms with E-state index in [1.165, 1.54) is 29.2 Å². The molecule has 2 unspecified atom stereocenters. The first-order valence-corrected chi connectivity index (χ1v) is 10.7. The molecule has 0 radical (unpaired) electrons. The van der Waals surface area contributed by atoms with Crippen molar-refractivity contribution < 1.29 is 13.2 Å². The van der Waals surface area contributed by atoms with Crippen LogP contribution >= 0.6 is 11.3 Å². The summed E-state index contributed by atoms with van der Waals surface area (Å²) >= 11 is 1.46. The SMILES string of the molecule is Cc1ccc(-c2csc(N=S(C)C(C)c3ccc(C(F)(F)F)nc3)n2)cc1. The van der Waals surface area contributed by atoms with Crippen LogP contribution in [0.5, 0.6) is 0 Å². The lowest BCUT2D eigenvalue weighted by Crippen LogP contribution is -2.09. The lowest BCUT2D eigenvalue weighted by Gasteiger charge is -2.13. The van der Waals surface area contributed by atoms with Crippen LogP contribution in [0.15, 0.2) is 52.3 Å². The van der Waals surface area contributed by atoms with E-state index in [4.69, 9.17) is 0 Å². The second-order valence-electron chi connectivity index (χ2n) is 6.11. The molecular weight excluding hydrogens is 391 g/mol. The fraction of sp³-hybridized carbons (Fsp3) is 0.263. The van der Waals surface area contributed by atoms with Gasteiger partial charge in [0.1, 0.15) is 5.69 Å². The van der Waals surface area contributed by atoms with Gasteiger partial charge in [0.25, 0.3) is 0 Å². The predicted molar refractivity (Wildman–Crippen MR) is 105 cm³/mol. The first kappa shape index (κ1) is 19.7. The minimum absolute atomic E-state index is 0.0495. The molecule has 2 heterocycles. The van der Waals surface area contributed by atoms with E-state index in [1.54, 1.807) is 0 Å². The van der Waals surface area contributed by atoms with Gasteiger partial charge >= 0.3 is 6.18 Å². The summed E-state index contributed by atoms with van der Waals surface area (Å²) < 4.78 is 42.6. The monoisotopic (exact) mass is 409 g/mol. The number of pyridine rings is 1. The molecule has 0 aliphatic carbocycles. The van der Waals surface area contributed by atoms with Crippen molar-refractivity contribution in [3.8, 4) is 11.3 Å². The number of alkyl halides is 3. The summed E-state index contributed by atoms with van der Waals surface area (Å²) in [5.74, 6) is 0. The highest BCUT2D eigenvalue weighted by atomic mass is 32.2. The Morgan fingerprint density at radius 2 is 1.81 bits per heavy atom. The molecule has 8 heteroatoms. The molecule has 0 saturated heterocycles. The van der Waals surface area contributed by atoms with E-state index < -0.39 is 22.6 Å². The van der Waals surface area contributed by atoms with Crippen molar-refractivity contribution in [3.63, 3.8) is 0 Å². The number of hydrogen-bond donors (Lipinski definition) is 0. The molecule has 0 N–H and O–H groups in total. The summed E-state index contributed by atoms with van der Waals surface area (Å²) in [7, 11) is -0.440. The second-order valence-corrected chi connectivity index (χ2v) is 8.89. The molecule has 3 rings (SSSR count). The molecule has 3 aromatic rings. The normalized spacial score (nSPS) is 14.3. The highest BCUT2D eigenvalue weighted by molar-refractivity contribution is 7.87. The summed E-state index contributed by atoms with van der Waals surface area (Å²) in [4.78, 5) is 8.10. The van der Waals surface area contributed by atoms with Gasteiger partial charge in [-0.3, -0.25) is 4.98 Å². The van der Waals surface area contributed by atoms with Crippen LogP contribution in [0, 0.1) is 6.92 Å². The van der Waals surface area contributed by atoms with E-state index >= 15 is 0 Å². The van der Waals surface area contributed by atoms with Crippen LogP contribution in [-0.4, -0.2) is 16.2 Å². The van der Waals surface area contributed by atoms with E-state index in [2.05, 4.69) is 14.3 Å². The molecular formula is C19H18F3N3S2. The number of thiazole rings is 1. The molecule has 0 bridgehead atoms. The minimum Gasteiger partial charge on any atom is -0.251 e. The highest BCUT2D eigenvalue weighted by Crippen LogP contribution is 2.31. The van der Waals surface area contributed by atoms with Gasteiger partial charge in [-0.05, 0) is 31.7 Å². The molecule has 0 amide bonds. The molecule has 0 fully saturated rings. The van der Waals surface area contributed by atoms with Crippen molar-refractivity contribution in [1.82, 2.24) is 9.97 Å². The standard InChI is InChI=1S/C19H18F3N3S2/c1-12-4-6-14(7-5-12)16-11-26-18(24-16)25-27(3)13(2)15-8-9-17(23-10-15)19(20,21)22/h4-11,13H,1-3H3. The molecule has 2 atom stereocenters. The molecule has 3 nitrogen and oxygen atoms in total. The second kappa shape index (κ2) is 7.90. The largest absolute Gasteiger partial charge is 0.433 e. The van der Waals surface area contributed by atoms with Crippen LogP contribution in [-0.2, 0) is 16.9 Å². The first-order chi connectivity index (χ1) is 12.7. The number of benzene rings is 1. The zero-order chi connectivity index (χ0) is 19.6. The van der Waals surface area contributed by atoms with E-state index in [-0.39, 0.29) is 5.25 Å². The third-order valence-electron chi connectivity index (χ3n) is 4.12. The summed E-state index contributed by atoms with van der Waals surface area (Å²) in [5.41, 5.74) is 2.95. The number of nitrogens with zero attached hydrogens (tertiary/aromatic N) is 3. The number of hydrogen-bond acceptors (Lipinski definition) is 4. The minimum atomic E-state index is -4.42. The van der Waals surface area contributed by atoms with Gasteiger partial charge in [0.15, 0.2) is 0 Å². The highest BCUT2D eigenvalue weighted by Gasteiger charge is 2.32. The summed E-state index contributed by atoms with van der Waals surface area (Å²) in [5, 5.41) is 2.58. The van der Waals surface area contributed by atoms with Crippen molar-refractivity contribution in [3.05, 3.63) is 64.8 Å². The molecule has 142 valence electrons. The van der Waals surface area contributed by atoms with Gasteiger partial charge in [0, 0.05) is 22.4 Å². The zero-order valence-electron chi connectivity index (χ0n) is 15.0. The van der Waals surface area contributed by atoms with Gasteiger partial charge in [-0.1, -0.05) is 46.6 Å². The molecule has 2 aromatic heterocycles. The number of rotatable bonds is 4. The first-order valence-electron chi connectivity index (χ1n) is 8.16. The fourth-order valence-electron chi connectivity index (χ4n) is 2.38. The lowest BCUT2D eigenvalue weighted by atomic mass is 10.1. The average molecular weight is 410 g/mol. The Morgan fingerprint density at radius 3 is 2.41 bits per heavy atom. The summed E-state index contributed by atoms with van der Waals surface area (Å²) in [6.07, 6.45) is -1.19. The van der Waals surface area contributed by atoms with Gasteiger partial charge in [-0.25, -0.2) is 4.98 Å². The molecule has 0 saturated carbocycles. The third-order valence-corrected chi connectivity index (χ3v) is 6.73. The molecule has 0 spiro atoms. The maximum absolute atomic E-state index is 12.6. The van der Waals surface area contributed by atoms with Crippen LogP contribution < -0.4 is 0 Å². The Morgan fingerprint density at radius 1 is 1.11 bits per heavy atom. The van der Waals surface area contributed by atoms with Crippen molar-refractivity contribution in [1.29, 1.82) is 0 Å². The van der Waals surface area contributed by atoms with Crippen molar-refractivity contribution in [2.75, 3.05) is 6.26 Å². The Hall–Kier alpha value is -2.06.